The standard InChI is InChI=1S/C16H25NO2S/c1-4-11(3)10-12(5-2)17-8-6-14-13(7-9-20-14)15(17)16(18)19/h7,9,11-12,15H,4-6,8,10H2,1-3H3,(H,18,19). The Morgan fingerprint density at radius 3 is 2.85 bits per heavy atom. The minimum absolute atomic E-state index is 0.374. The molecule has 0 aromatic carbocycles. The molecule has 0 spiro atoms. The van der Waals surface area contributed by atoms with Gasteiger partial charge in [0.15, 0.2) is 0 Å². The van der Waals surface area contributed by atoms with Crippen molar-refractivity contribution in [2.75, 3.05) is 6.54 Å². The van der Waals surface area contributed by atoms with Crippen molar-refractivity contribution in [2.24, 2.45) is 5.92 Å². The Labute approximate surface area is 125 Å². The number of carboxylic acid groups (broad SMARTS) is 1. The van der Waals surface area contributed by atoms with E-state index in [9.17, 15) is 9.90 Å². The topological polar surface area (TPSA) is 40.5 Å². The molecule has 20 heavy (non-hydrogen) atoms. The Kier molecular flexibility index (Phi) is 5.22. The van der Waals surface area contributed by atoms with Gasteiger partial charge >= 0.3 is 5.97 Å². The van der Waals surface area contributed by atoms with E-state index in [1.165, 1.54) is 4.88 Å². The molecule has 2 rings (SSSR count). The molecule has 3 unspecified atom stereocenters. The highest BCUT2D eigenvalue weighted by atomic mass is 32.1. The maximum absolute atomic E-state index is 11.8. The molecular weight excluding hydrogens is 270 g/mol. The average molecular weight is 295 g/mol. The zero-order chi connectivity index (χ0) is 14.7. The smallest absolute Gasteiger partial charge is 0.325 e. The molecule has 1 aliphatic heterocycles. The largest absolute Gasteiger partial charge is 0.480 e. The Bertz CT molecular complexity index is 457. The van der Waals surface area contributed by atoms with Crippen molar-refractivity contribution in [3.05, 3.63) is 21.9 Å². The van der Waals surface area contributed by atoms with E-state index in [4.69, 9.17) is 0 Å². The number of rotatable bonds is 6. The van der Waals surface area contributed by atoms with Crippen LogP contribution in [0.25, 0.3) is 0 Å². The molecule has 0 bridgehead atoms. The number of hydrogen-bond donors (Lipinski definition) is 1. The molecule has 112 valence electrons. The molecule has 0 radical (unpaired) electrons. The summed E-state index contributed by atoms with van der Waals surface area (Å²) in [6.07, 6.45) is 4.27. The average Bonchev–Trinajstić information content (AvgIpc) is 2.91. The van der Waals surface area contributed by atoms with Crippen molar-refractivity contribution in [3.63, 3.8) is 0 Å². The van der Waals surface area contributed by atoms with E-state index in [2.05, 4.69) is 25.7 Å². The highest BCUT2D eigenvalue weighted by molar-refractivity contribution is 7.10. The van der Waals surface area contributed by atoms with Crippen LogP contribution in [0.1, 0.15) is 56.5 Å². The minimum atomic E-state index is -0.702. The molecule has 1 aromatic heterocycles. The van der Waals surface area contributed by atoms with Crippen molar-refractivity contribution in [1.82, 2.24) is 4.90 Å². The SMILES string of the molecule is CCC(C)CC(CC)N1CCc2sccc2C1C(=O)O. The zero-order valence-corrected chi connectivity index (χ0v) is 13.4. The van der Waals surface area contributed by atoms with Gasteiger partial charge in [-0.25, -0.2) is 0 Å². The highest BCUT2D eigenvalue weighted by Gasteiger charge is 2.37. The fraction of sp³-hybridized carbons (Fsp3) is 0.688. The number of fused-ring (bicyclic) bond motifs is 1. The van der Waals surface area contributed by atoms with Crippen molar-refractivity contribution in [1.29, 1.82) is 0 Å². The predicted molar refractivity (Wildman–Crippen MR) is 83.3 cm³/mol. The first-order chi connectivity index (χ1) is 9.58. The summed E-state index contributed by atoms with van der Waals surface area (Å²) in [6.45, 7) is 7.52. The molecule has 0 fully saturated rings. The normalized spacial score (nSPS) is 22.2. The molecule has 0 saturated heterocycles. The number of carbonyl (C=O) groups is 1. The summed E-state index contributed by atoms with van der Waals surface area (Å²) in [7, 11) is 0. The van der Waals surface area contributed by atoms with E-state index in [0.29, 0.717) is 12.0 Å². The third-order valence-corrected chi connectivity index (χ3v) is 5.55. The molecular formula is C16H25NO2S. The number of carboxylic acids is 1. The zero-order valence-electron chi connectivity index (χ0n) is 12.6. The first kappa shape index (κ1) is 15.5. The maximum atomic E-state index is 11.8. The Balaban J connectivity index is 2.23. The summed E-state index contributed by atoms with van der Waals surface area (Å²) in [5, 5.41) is 11.7. The van der Waals surface area contributed by atoms with Gasteiger partial charge in [0.1, 0.15) is 6.04 Å². The van der Waals surface area contributed by atoms with Crippen molar-refractivity contribution < 1.29 is 9.90 Å². The highest BCUT2D eigenvalue weighted by Crippen LogP contribution is 2.36. The number of thiophene rings is 1. The van der Waals surface area contributed by atoms with Crippen molar-refractivity contribution in [3.8, 4) is 0 Å². The molecule has 0 saturated carbocycles. The summed E-state index contributed by atoms with van der Waals surface area (Å²) in [5.74, 6) is -0.0507. The monoisotopic (exact) mass is 295 g/mol. The van der Waals surface area contributed by atoms with Crippen LogP contribution in [0.3, 0.4) is 0 Å². The van der Waals surface area contributed by atoms with Gasteiger partial charge in [-0.05, 0) is 42.2 Å². The molecule has 0 aliphatic carbocycles. The van der Waals surface area contributed by atoms with Crippen LogP contribution >= 0.6 is 11.3 Å². The van der Waals surface area contributed by atoms with Crippen LogP contribution < -0.4 is 0 Å². The molecule has 4 heteroatoms. The lowest BCUT2D eigenvalue weighted by Gasteiger charge is -2.39. The van der Waals surface area contributed by atoms with Gasteiger partial charge < -0.3 is 5.11 Å². The lowest BCUT2D eigenvalue weighted by molar-refractivity contribution is -0.145. The summed E-state index contributed by atoms with van der Waals surface area (Å²) >= 11 is 1.70. The van der Waals surface area contributed by atoms with Crippen LogP contribution in [0.5, 0.6) is 0 Å². The van der Waals surface area contributed by atoms with Crippen LogP contribution in [0.15, 0.2) is 11.4 Å². The van der Waals surface area contributed by atoms with Crippen LogP contribution in [-0.4, -0.2) is 28.6 Å². The third kappa shape index (κ3) is 3.07. The van der Waals surface area contributed by atoms with E-state index in [1.807, 2.05) is 11.4 Å². The Morgan fingerprint density at radius 1 is 1.50 bits per heavy atom. The first-order valence-electron chi connectivity index (χ1n) is 7.63. The van der Waals surface area contributed by atoms with Gasteiger partial charge in [-0.15, -0.1) is 11.3 Å². The summed E-state index contributed by atoms with van der Waals surface area (Å²) in [5.41, 5.74) is 1.02. The number of nitrogens with zero attached hydrogens (tertiary/aromatic N) is 1. The minimum Gasteiger partial charge on any atom is -0.480 e. The van der Waals surface area contributed by atoms with Crippen LogP contribution in [0.4, 0.5) is 0 Å². The lowest BCUT2D eigenvalue weighted by atomic mass is 9.91. The van der Waals surface area contributed by atoms with Crippen molar-refractivity contribution >= 4 is 17.3 Å². The molecule has 3 nitrogen and oxygen atoms in total. The van der Waals surface area contributed by atoms with Gasteiger partial charge in [-0.2, -0.15) is 0 Å². The van der Waals surface area contributed by atoms with Gasteiger partial charge in [0.25, 0.3) is 0 Å². The van der Waals surface area contributed by atoms with E-state index < -0.39 is 12.0 Å². The summed E-state index contributed by atoms with van der Waals surface area (Å²) in [6, 6.07) is 1.93. The second-order valence-corrected chi connectivity index (χ2v) is 6.84. The molecule has 0 amide bonds. The second-order valence-electron chi connectivity index (χ2n) is 5.84. The first-order valence-corrected chi connectivity index (χ1v) is 8.51. The van der Waals surface area contributed by atoms with E-state index in [0.717, 1.165) is 37.8 Å². The molecule has 2 heterocycles. The Morgan fingerprint density at radius 2 is 2.25 bits per heavy atom. The summed E-state index contributed by atoms with van der Waals surface area (Å²) < 4.78 is 0. The summed E-state index contributed by atoms with van der Waals surface area (Å²) in [4.78, 5) is 15.2. The van der Waals surface area contributed by atoms with Crippen LogP contribution in [-0.2, 0) is 11.2 Å². The van der Waals surface area contributed by atoms with Crippen LogP contribution in [0, 0.1) is 5.92 Å². The second kappa shape index (κ2) is 6.72. The van der Waals surface area contributed by atoms with Gasteiger partial charge in [0.05, 0.1) is 0 Å². The molecule has 1 aliphatic rings. The maximum Gasteiger partial charge on any atom is 0.325 e. The lowest BCUT2D eigenvalue weighted by Crippen LogP contribution is -2.45. The number of aliphatic carboxylic acids is 1. The van der Waals surface area contributed by atoms with Crippen LogP contribution in [0.2, 0.25) is 0 Å². The number of hydrogen-bond acceptors (Lipinski definition) is 3. The van der Waals surface area contributed by atoms with Gasteiger partial charge in [-0.1, -0.05) is 27.2 Å². The fourth-order valence-electron chi connectivity index (χ4n) is 3.17. The van der Waals surface area contributed by atoms with Gasteiger partial charge in [0.2, 0.25) is 0 Å². The Hall–Kier alpha value is -0.870. The van der Waals surface area contributed by atoms with E-state index >= 15 is 0 Å². The fourth-order valence-corrected chi connectivity index (χ4v) is 4.08. The van der Waals surface area contributed by atoms with E-state index in [1.54, 1.807) is 11.3 Å². The predicted octanol–water partition coefficient (Wildman–Crippen LogP) is 3.95. The quantitative estimate of drug-likeness (QED) is 0.864. The van der Waals surface area contributed by atoms with Gasteiger partial charge in [0, 0.05) is 17.5 Å². The van der Waals surface area contributed by atoms with E-state index in [-0.39, 0.29) is 0 Å². The molecule has 1 aromatic rings. The molecule has 3 atom stereocenters. The third-order valence-electron chi connectivity index (χ3n) is 4.55. The van der Waals surface area contributed by atoms with Crippen molar-refractivity contribution in [2.45, 2.75) is 58.5 Å². The molecule has 1 N–H and O–H groups in total. The van der Waals surface area contributed by atoms with Gasteiger partial charge in [-0.3, -0.25) is 9.69 Å².